The molecule has 7 heteroatoms. The lowest BCUT2D eigenvalue weighted by molar-refractivity contribution is -0.136. The smallest absolute Gasteiger partial charge is 0.390 e. The van der Waals surface area contributed by atoms with E-state index in [2.05, 4.69) is 0 Å². The Hall–Kier alpha value is -1.43. The molecule has 1 saturated carbocycles. The van der Waals surface area contributed by atoms with Crippen LogP contribution in [0.5, 0.6) is 0 Å². The Morgan fingerprint density at radius 3 is 2.52 bits per heavy atom. The summed E-state index contributed by atoms with van der Waals surface area (Å²) in [4.78, 5) is 13.6. The van der Waals surface area contributed by atoms with Crippen molar-refractivity contribution in [2.24, 2.45) is 5.92 Å². The largest absolute Gasteiger partial charge is 0.399 e. The van der Waals surface area contributed by atoms with E-state index < -0.39 is 12.6 Å². The Morgan fingerprint density at radius 2 is 2.00 bits per heavy atom. The highest BCUT2D eigenvalue weighted by Gasteiger charge is 2.32. The summed E-state index contributed by atoms with van der Waals surface area (Å²) in [5, 5.41) is 0. The van der Waals surface area contributed by atoms with Crippen LogP contribution in [0.25, 0.3) is 0 Å². The van der Waals surface area contributed by atoms with Gasteiger partial charge in [-0.15, -0.1) is 12.4 Å². The molecule has 2 N–H and O–H groups in total. The molecule has 0 spiro atoms. The van der Waals surface area contributed by atoms with Gasteiger partial charge in [0, 0.05) is 24.3 Å². The molecule has 0 heterocycles. The van der Waals surface area contributed by atoms with Crippen LogP contribution in [0, 0.1) is 5.92 Å². The summed E-state index contributed by atoms with van der Waals surface area (Å²) in [5.74, 6) is -0.0401. The lowest BCUT2D eigenvalue weighted by Crippen LogP contribution is -2.35. The van der Waals surface area contributed by atoms with E-state index in [0.29, 0.717) is 23.7 Å². The van der Waals surface area contributed by atoms with Gasteiger partial charge in [-0.1, -0.05) is 6.07 Å². The van der Waals surface area contributed by atoms with Gasteiger partial charge in [0.15, 0.2) is 0 Å². The summed E-state index contributed by atoms with van der Waals surface area (Å²) >= 11 is 0. The summed E-state index contributed by atoms with van der Waals surface area (Å²) in [6.45, 7) is 0.0946. The fraction of sp³-hybridized carbons (Fsp3) is 0.500. The minimum absolute atomic E-state index is 0. The average Bonchev–Trinajstić information content (AvgIpc) is 3.16. The van der Waals surface area contributed by atoms with E-state index in [0.717, 1.165) is 12.8 Å². The number of nitrogens with zero attached hydrogens (tertiary/aromatic N) is 1. The number of alkyl halides is 3. The van der Waals surface area contributed by atoms with E-state index in [1.54, 1.807) is 18.2 Å². The number of nitrogens with two attached hydrogens (primary N) is 1. The summed E-state index contributed by atoms with van der Waals surface area (Å²) in [6.07, 6.45) is -3.27. The predicted octanol–water partition coefficient (Wildman–Crippen LogP) is 3.50. The van der Waals surface area contributed by atoms with E-state index in [4.69, 9.17) is 5.73 Å². The van der Waals surface area contributed by atoms with Gasteiger partial charge < -0.3 is 10.6 Å². The van der Waals surface area contributed by atoms with Crippen LogP contribution in [0.15, 0.2) is 24.3 Å². The Morgan fingerprint density at radius 1 is 1.33 bits per heavy atom. The number of carbonyl (C=O) groups is 1. The molecule has 0 aromatic heterocycles. The highest BCUT2D eigenvalue weighted by atomic mass is 35.5. The van der Waals surface area contributed by atoms with Crippen LogP contribution in [0.4, 0.5) is 18.9 Å². The molecule has 1 aromatic carbocycles. The van der Waals surface area contributed by atoms with Gasteiger partial charge in [-0.25, -0.2) is 0 Å². The number of hydrogen-bond acceptors (Lipinski definition) is 2. The number of rotatable bonds is 5. The number of carbonyl (C=O) groups excluding carboxylic acids is 1. The number of hydrogen-bond donors (Lipinski definition) is 1. The summed E-state index contributed by atoms with van der Waals surface area (Å²) in [7, 11) is 0. The van der Waals surface area contributed by atoms with Gasteiger partial charge in [-0.05, 0) is 37.0 Å². The molecule has 21 heavy (non-hydrogen) atoms. The Balaban J connectivity index is 0.00000220. The molecule has 0 unspecified atom stereocenters. The average molecular weight is 323 g/mol. The Labute approximate surface area is 127 Å². The number of amides is 1. The molecule has 3 nitrogen and oxygen atoms in total. The van der Waals surface area contributed by atoms with Gasteiger partial charge in [-0.2, -0.15) is 13.2 Å². The SMILES string of the molecule is Cl.Nc1cccc(C(=O)N(CCC(F)(F)F)CC2CC2)c1. The fourth-order valence-corrected chi connectivity index (χ4v) is 2.00. The van der Waals surface area contributed by atoms with Gasteiger partial charge in [0.2, 0.25) is 0 Å². The van der Waals surface area contributed by atoms with Crippen LogP contribution in [-0.4, -0.2) is 30.1 Å². The van der Waals surface area contributed by atoms with Crippen LogP contribution in [0.1, 0.15) is 29.6 Å². The Bertz CT molecular complexity index is 489. The van der Waals surface area contributed by atoms with Crippen molar-refractivity contribution >= 4 is 24.0 Å². The normalized spacial score (nSPS) is 14.4. The van der Waals surface area contributed by atoms with E-state index in [1.807, 2.05) is 0 Å². The second kappa shape index (κ2) is 7.02. The van der Waals surface area contributed by atoms with Crippen molar-refractivity contribution < 1.29 is 18.0 Å². The molecule has 1 amide bonds. The lowest BCUT2D eigenvalue weighted by Gasteiger charge is -2.23. The molecular weight excluding hydrogens is 305 g/mol. The predicted molar refractivity (Wildman–Crippen MR) is 77.4 cm³/mol. The molecule has 0 bridgehead atoms. The second-order valence-corrected chi connectivity index (χ2v) is 5.19. The monoisotopic (exact) mass is 322 g/mol. The van der Waals surface area contributed by atoms with E-state index in [9.17, 15) is 18.0 Å². The maximum Gasteiger partial charge on any atom is 0.390 e. The molecule has 1 aromatic rings. The van der Waals surface area contributed by atoms with Crippen molar-refractivity contribution in [1.82, 2.24) is 4.90 Å². The molecular formula is C14H18ClF3N2O. The maximum absolute atomic E-state index is 12.3. The first-order chi connectivity index (χ1) is 9.35. The maximum atomic E-state index is 12.3. The topological polar surface area (TPSA) is 46.3 Å². The molecule has 0 saturated heterocycles. The third-order valence-electron chi connectivity index (χ3n) is 3.26. The van der Waals surface area contributed by atoms with Gasteiger partial charge in [-0.3, -0.25) is 4.79 Å². The highest BCUT2D eigenvalue weighted by Crippen LogP contribution is 2.31. The van der Waals surface area contributed by atoms with Crippen molar-refractivity contribution in [2.45, 2.75) is 25.4 Å². The zero-order valence-corrected chi connectivity index (χ0v) is 12.2. The van der Waals surface area contributed by atoms with Crippen LogP contribution >= 0.6 is 12.4 Å². The molecule has 0 radical (unpaired) electrons. The number of benzene rings is 1. The minimum atomic E-state index is -4.25. The third-order valence-corrected chi connectivity index (χ3v) is 3.26. The first-order valence-corrected chi connectivity index (χ1v) is 6.57. The van der Waals surface area contributed by atoms with Crippen molar-refractivity contribution in [3.63, 3.8) is 0 Å². The molecule has 0 atom stereocenters. The summed E-state index contributed by atoms with van der Waals surface area (Å²) in [6, 6.07) is 6.33. The molecule has 1 aliphatic rings. The molecule has 0 aliphatic heterocycles. The third kappa shape index (κ3) is 5.83. The zero-order chi connectivity index (χ0) is 14.8. The van der Waals surface area contributed by atoms with Gasteiger partial charge in [0.25, 0.3) is 5.91 Å². The highest BCUT2D eigenvalue weighted by molar-refractivity contribution is 5.95. The molecule has 1 fully saturated rings. The van der Waals surface area contributed by atoms with Crippen LogP contribution in [0.3, 0.4) is 0 Å². The van der Waals surface area contributed by atoms with Gasteiger partial charge >= 0.3 is 6.18 Å². The van der Waals surface area contributed by atoms with E-state index >= 15 is 0 Å². The molecule has 1 aliphatic carbocycles. The molecule has 2 rings (SSSR count). The Kier molecular flexibility index (Phi) is 5.89. The summed E-state index contributed by atoms with van der Waals surface area (Å²) in [5.41, 5.74) is 6.37. The zero-order valence-electron chi connectivity index (χ0n) is 11.4. The van der Waals surface area contributed by atoms with Crippen molar-refractivity contribution in [3.8, 4) is 0 Å². The van der Waals surface area contributed by atoms with Crippen molar-refractivity contribution in [1.29, 1.82) is 0 Å². The number of nitrogen functional groups attached to an aromatic ring is 1. The van der Waals surface area contributed by atoms with Crippen LogP contribution < -0.4 is 5.73 Å². The van der Waals surface area contributed by atoms with E-state index in [-0.39, 0.29) is 24.9 Å². The van der Waals surface area contributed by atoms with Crippen molar-refractivity contribution in [2.75, 3.05) is 18.8 Å². The fourth-order valence-electron chi connectivity index (χ4n) is 2.00. The van der Waals surface area contributed by atoms with Crippen LogP contribution in [-0.2, 0) is 0 Å². The first kappa shape index (κ1) is 17.6. The number of anilines is 1. The standard InChI is InChI=1S/C14H17F3N2O.ClH/c15-14(16,17)6-7-19(9-10-4-5-10)13(20)11-2-1-3-12(18)8-11;/h1-3,8,10H,4-7,9,18H2;1H. The van der Waals surface area contributed by atoms with Gasteiger partial charge in [0.05, 0.1) is 6.42 Å². The van der Waals surface area contributed by atoms with Crippen molar-refractivity contribution in [3.05, 3.63) is 29.8 Å². The van der Waals surface area contributed by atoms with Gasteiger partial charge in [0.1, 0.15) is 0 Å². The lowest BCUT2D eigenvalue weighted by atomic mass is 10.1. The quantitative estimate of drug-likeness (QED) is 0.843. The summed E-state index contributed by atoms with van der Waals surface area (Å²) < 4.78 is 37.0. The van der Waals surface area contributed by atoms with Crippen LogP contribution in [0.2, 0.25) is 0 Å². The molecule has 118 valence electrons. The second-order valence-electron chi connectivity index (χ2n) is 5.19. The first-order valence-electron chi connectivity index (χ1n) is 6.57. The van der Waals surface area contributed by atoms with E-state index in [1.165, 1.54) is 11.0 Å². The minimum Gasteiger partial charge on any atom is -0.399 e. The number of halogens is 4.